The highest BCUT2D eigenvalue weighted by molar-refractivity contribution is 6.06. The van der Waals surface area contributed by atoms with E-state index in [0.717, 1.165) is 0 Å². The summed E-state index contributed by atoms with van der Waals surface area (Å²) in [6.07, 6.45) is 2.17. The normalized spacial score (nSPS) is 19.1. The van der Waals surface area contributed by atoms with Crippen LogP contribution in [0.15, 0.2) is 11.8 Å². The molecule has 0 spiro atoms. The molecule has 0 aromatic rings. The molecule has 0 fully saturated rings. The second-order valence-corrected chi connectivity index (χ2v) is 6.82. The fourth-order valence-corrected chi connectivity index (χ4v) is 2.64. The van der Waals surface area contributed by atoms with E-state index in [4.69, 9.17) is 4.74 Å². The molecule has 0 saturated heterocycles. The molecule has 0 aliphatic carbocycles. The van der Waals surface area contributed by atoms with Gasteiger partial charge < -0.3 is 10.1 Å². The van der Waals surface area contributed by atoms with E-state index in [1.54, 1.807) is 6.92 Å². The van der Waals surface area contributed by atoms with Gasteiger partial charge in [-0.2, -0.15) is 0 Å². The topological polar surface area (TPSA) is 75.7 Å². The van der Waals surface area contributed by atoms with Crippen LogP contribution in [0.4, 0.5) is 0 Å². The van der Waals surface area contributed by atoms with Gasteiger partial charge in [-0.05, 0) is 25.2 Å². The number of carbonyl (C=O) groups is 3. The number of nitrogens with zero attached hydrogens (tertiary/aromatic N) is 1. The lowest BCUT2D eigenvalue weighted by Gasteiger charge is -2.28. The number of amides is 3. The van der Waals surface area contributed by atoms with Gasteiger partial charge in [0.1, 0.15) is 11.8 Å². The Kier molecular flexibility index (Phi) is 6.79. The molecule has 6 heteroatoms. The maximum Gasteiger partial charge on any atom is 0.257 e. The molecule has 1 heterocycles. The molecule has 0 aromatic heterocycles. The minimum absolute atomic E-state index is 0.168. The Balaban J connectivity index is 2.88. The highest BCUT2D eigenvalue weighted by atomic mass is 16.5. The highest BCUT2D eigenvalue weighted by Gasteiger charge is 2.39. The summed E-state index contributed by atoms with van der Waals surface area (Å²) in [5, 5.41) is 2.78. The maximum atomic E-state index is 12.8. The molecule has 1 N–H and O–H groups in total. The first-order valence-corrected chi connectivity index (χ1v) is 8.09. The van der Waals surface area contributed by atoms with Gasteiger partial charge in [0, 0.05) is 12.5 Å². The number of methoxy groups -OCH3 is 1. The Labute approximate surface area is 138 Å². The Bertz CT molecular complexity index is 497. The summed E-state index contributed by atoms with van der Waals surface area (Å²) in [5.41, 5.74) is 0. The van der Waals surface area contributed by atoms with Crippen LogP contribution in [0.25, 0.3) is 0 Å². The first kappa shape index (κ1) is 19.2. The van der Waals surface area contributed by atoms with E-state index in [2.05, 4.69) is 5.32 Å². The third-order valence-corrected chi connectivity index (χ3v) is 3.71. The zero-order chi connectivity index (χ0) is 17.7. The molecule has 130 valence electrons. The fourth-order valence-electron chi connectivity index (χ4n) is 2.64. The number of carbonyl (C=O) groups excluding carboxylic acids is 3. The van der Waals surface area contributed by atoms with Gasteiger partial charge in [-0.1, -0.05) is 27.7 Å². The first-order chi connectivity index (χ1) is 10.7. The fraction of sp³-hybridized carbons (Fsp3) is 0.706. The van der Waals surface area contributed by atoms with E-state index in [1.165, 1.54) is 18.1 Å². The van der Waals surface area contributed by atoms with Crippen LogP contribution in [0.5, 0.6) is 0 Å². The van der Waals surface area contributed by atoms with Gasteiger partial charge in [-0.15, -0.1) is 0 Å². The molecule has 1 aliphatic heterocycles. The smallest absolute Gasteiger partial charge is 0.257 e. The van der Waals surface area contributed by atoms with E-state index in [9.17, 15) is 14.4 Å². The van der Waals surface area contributed by atoms with Gasteiger partial charge in [0.05, 0.1) is 13.2 Å². The van der Waals surface area contributed by atoms with Gasteiger partial charge in [-0.3, -0.25) is 19.3 Å². The monoisotopic (exact) mass is 324 g/mol. The van der Waals surface area contributed by atoms with Gasteiger partial charge in [0.25, 0.3) is 11.8 Å². The first-order valence-electron chi connectivity index (χ1n) is 8.09. The van der Waals surface area contributed by atoms with Gasteiger partial charge >= 0.3 is 0 Å². The highest BCUT2D eigenvalue weighted by Crippen LogP contribution is 2.22. The number of nitrogens with one attached hydrogen (secondary N) is 1. The third-order valence-electron chi connectivity index (χ3n) is 3.71. The molecule has 0 saturated carbocycles. The second kappa shape index (κ2) is 8.13. The number of ether oxygens (including phenoxy) is 1. The average molecular weight is 324 g/mol. The van der Waals surface area contributed by atoms with Crippen LogP contribution >= 0.6 is 0 Å². The Morgan fingerprint density at radius 3 is 2.30 bits per heavy atom. The molecule has 2 atom stereocenters. The summed E-state index contributed by atoms with van der Waals surface area (Å²) in [6.45, 7) is 9.58. The lowest BCUT2D eigenvalue weighted by Crippen LogP contribution is -2.52. The number of rotatable bonds is 7. The summed E-state index contributed by atoms with van der Waals surface area (Å²) < 4.78 is 5.13. The quantitative estimate of drug-likeness (QED) is 0.775. The third kappa shape index (κ3) is 5.08. The van der Waals surface area contributed by atoms with Crippen molar-refractivity contribution in [1.29, 1.82) is 0 Å². The molecule has 6 nitrogen and oxygen atoms in total. The van der Waals surface area contributed by atoms with Crippen LogP contribution in [0.3, 0.4) is 0 Å². The average Bonchev–Trinajstić information content (AvgIpc) is 2.70. The molecule has 0 aromatic carbocycles. The van der Waals surface area contributed by atoms with Gasteiger partial charge in [0.2, 0.25) is 5.91 Å². The summed E-state index contributed by atoms with van der Waals surface area (Å²) in [5.74, 6) is -0.0636. The zero-order valence-electron chi connectivity index (χ0n) is 14.9. The summed E-state index contributed by atoms with van der Waals surface area (Å²) in [6, 6.07) is -1.14. The molecule has 1 rings (SSSR count). The minimum Gasteiger partial charge on any atom is -0.499 e. The van der Waals surface area contributed by atoms with E-state index >= 15 is 0 Å². The van der Waals surface area contributed by atoms with Crippen LogP contribution in [0.2, 0.25) is 0 Å². The molecule has 3 amide bonds. The number of imide groups is 1. The predicted molar refractivity (Wildman–Crippen MR) is 87.2 cm³/mol. The summed E-state index contributed by atoms with van der Waals surface area (Å²) >= 11 is 0. The van der Waals surface area contributed by atoms with Crippen molar-refractivity contribution in [2.45, 2.75) is 59.5 Å². The van der Waals surface area contributed by atoms with E-state index in [-0.39, 0.29) is 23.7 Å². The lowest BCUT2D eigenvalue weighted by molar-refractivity contribution is -0.146. The van der Waals surface area contributed by atoms with Crippen molar-refractivity contribution in [3.63, 3.8) is 0 Å². The van der Waals surface area contributed by atoms with Crippen LogP contribution in [0.1, 0.15) is 47.5 Å². The van der Waals surface area contributed by atoms with Crippen molar-refractivity contribution in [2.75, 3.05) is 7.11 Å². The molecule has 1 unspecified atom stereocenters. The Morgan fingerprint density at radius 1 is 1.26 bits per heavy atom. The molecule has 23 heavy (non-hydrogen) atoms. The molecule has 0 bridgehead atoms. The predicted octanol–water partition coefficient (Wildman–Crippen LogP) is 1.85. The van der Waals surface area contributed by atoms with Crippen molar-refractivity contribution in [3.05, 3.63) is 11.8 Å². The maximum absolute atomic E-state index is 12.8. The van der Waals surface area contributed by atoms with Crippen molar-refractivity contribution in [2.24, 2.45) is 11.8 Å². The number of hydrogen-bond acceptors (Lipinski definition) is 4. The molecule has 0 radical (unpaired) electrons. The van der Waals surface area contributed by atoms with Crippen LogP contribution < -0.4 is 5.32 Å². The summed E-state index contributed by atoms with van der Waals surface area (Å²) in [4.78, 5) is 38.1. The summed E-state index contributed by atoms with van der Waals surface area (Å²) in [7, 11) is 1.47. The van der Waals surface area contributed by atoms with E-state index < -0.39 is 18.0 Å². The molecular formula is C17H28N2O4. The van der Waals surface area contributed by atoms with Crippen molar-refractivity contribution in [3.8, 4) is 0 Å². The van der Waals surface area contributed by atoms with Crippen molar-refractivity contribution >= 4 is 17.7 Å². The Morgan fingerprint density at radius 2 is 1.87 bits per heavy atom. The number of hydrogen-bond donors (Lipinski definition) is 1. The zero-order valence-corrected chi connectivity index (χ0v) is 14.9. The largest absolute Gasteiger partial charge is 0.499 e. The van der Waals surface area contributed by atoms with Crippen molar-refractivity contribution in [1.82, 2.24) is 10.2 Å². The second-order valence-electron chi connectivity index (χ2n) is 6.82. The van der Waals surface area contributed by atoms with Crippen LogP contribution in [0, 0.1) is 11.8 Å². The molecular weight excluding hydrogens is 296 g/mol. The van der Waals surface area contributed by atoms with Crippen LogP contribution in [-0.2, 0) is 19.1 Å². The van der Waals surface area contributed by atoms with E-state index in [1.807, 2.05) is 27.7 Å². The van der Waals surface area contributed by atoms with Gasteiger partial charge in [0.15, 0.2) is 0 Å². The lowest BCUT2D eigenvalue weighted by atomic mass is 10.0. The van der Waals surface area contributed by atoms with Gasteiger partial charge in [-0.25, -0.2) is 0 Å². The Hall–Kier alpha value is -1.85. The van der Waals surface area contributed by atoms with Crippen LogP contribution in [-0.4, -0.2) is 41.8 Å². The SMILES string of the molecule is COC1=CC(=O)N(C(=O)C(CC(C)C)NC(=O)CC(C)C)[C@H]1C. The molecule has 1 aliphatic rings. The standard InChI is InChI=1S/C17H28N2O4/c1-10(2)7-13(18-15(20)8-11(3)4)17(22)19-12(5)14(23-6)9-16(19)21/h9-13H,7-8H2,1-6H3,(H,18,20)/t12-,13?/m0/s1. The van der Waals surface area contributed by atoms with Crippen molar-refractivity contribution < 1.29 is 19.1 Å². The minimum atomic E-state index is -0.697. The van der Waals surface area contributed by atoms with E-state index in [0.29, 0.717) is 18.6 Å².